The molecule has 0 aliphatic heterocycles. The Bertz CT molecular complexity index is 855. The molecule has 0 radical (unpaired) electrons. The highest BCUT2D eigenvalue weighted by molar-refractivity contribution is 7.89. The van der Waals surface area contributed by atoms with Gasteiger partial charge in [-0.1, -0.05) is 29.8 Å². The minimum absolute atomic E-state index is 0.00687. The first-order valence-corrected chi connectivity index (χ1v) is 9.37. The second kappa shape index (κ2) is 8.33. The number of nitrogens with zero attached hydrogens (tertiary/aromatic N) is 1. The minimum Gasteiger partial charge on any atom is -0.497 e. The van der Waals surface area contributed by atoms with E-state index >= 15 is 0 Å². The summed E-state index contributed by atoms with van der Waals surface area (Å²) in [5.74, 6) is 0.408. The van der Waals surface area contributed by atoms with E-state index in [1.54, 1.807) is 36.4 Å². The molecule has 0 spiro atoms. The molecule has 0 aromatic heterocycles. The third-order valence-corrected chi connectivity index (χ3v) is 5.46. The molecule has 0 saturated heterocycles. The van der Waals surface area contributed by atoms with Crippen molar-refractivity contribution in [2.75, 3.05) is 25.1 Å². The second-order valence-corrected chi connectivity index (χ2v) is 7.34. The number of hydrogen-bond donors (Lipinski definition) is 1. The Balaban J connectivity index is 2.09. The monoisotopic (exact) mass is 382 g/mol. The first-order valence-electron chi connectivity index (χ1n) is 7.51. The van der Waals surface area contributed by atoms with Crippen LogP contribution in [0.1, 0.15) is 6.92 Å². The maximum absolute atomic E-state index is 12.3. The predicted molar refractivity (Wildman–Crippen MR) is 97.7 cm³/mol. The molecule has 0 atom stereocenters. The molecule has 134 valence electrons. The standard InChI is InChI=1S/C17H19ClN2O4S/c1-13(21)20(14-6-5-7-15(12-14)24-2)11-10-19-25(22,23)17-9-4-3-8-16(17)18/h3-9,12,19H,10-11H2,1-2H3. The fourth-order valence-electron chi connectivity index (χ4n) is 2.28. The van der Waals surface area contributed by atoms with Crippen molar-refractivity contribution < 1.29 is 17.9 Å². The average Bonchev–Trinajstić information content (AvgIpc) is 2.58. The molecule has 0 heterocycles. The van der Waals surface area contributed by atoms with Crippen LogP contribution < -0.4 is 14.4 Å². The van der Waals surface area contributed by atoms with Crippen molar-refractivity contribution in [1.82, 2.24) is 4.72 Å². The fraction of sp³-hybridized carbons (Fsp3) is 0.235. The second-order valence-electron chi connectivity index (χ2n) is 5.20. The molecule has 0 aliphatic rings. The van der Waals surface area contributed by atoms with Crippen LogP contribution >= 0.6 is 11.6 Å². The molecular weight excluding hydrogens is 364 g/mol. The van der Waals surface area contributed by atoms with E-state index in [9.17, 15) is 13.2 Å². The Kier molecular flexibility index (Phi) is 6.41. The van der Waals surface area contributed by atoms with E-state index in [-0.39, 0.29) is 28.9 Å². The van der Waals surface area contributed by atoms with Crippen molar-refractivity contribution in [3.8, 4) is 5.75 Å². The van der Waals surface area contributed by atoms with Crippen LogP contribution in [-0.4, -0.2) is 34.5 Å². The summed E-state index contributed by atoms with van der Waals surface area (Å²) < 4.78 is 32.3. The Hall–Kier alpha value is -2.09. The van der Waals surface area contributed by atoms with Gasteiger partial charge in [0.15, 0.2) is 0 Å². The zero-order chi connectivity index (χ0) is 18.4. The number of carbonyl (C=O) groups excluding carboxylic acids is 1. The number of nitrogens with one attached hydrogen (secondary N) is 1. The summed E-state index contributed by atoms with van der Waals surface area (Å²) in [6, 6.07) is 13.2. The van der Waals surface area contributed by atoms with Crippen molar-refractivity contribution in [2.24, 2.45) is 0 Å². The minimum atomic E-state index is -3.75. The number of benzene rings is 2. The third-order valence-electron chi connectivity index (χ3n) is 3.50. The molecule has 0 saturated carbocycles. The van der Waals surface area contributed by atoms with Gasteiger partial charge in [-0.15, -0.1) is 0 Å². The van der Waals surface area contributed by atoms with Crippen molar-refractivity contribution in [3.05, 3.63) is 53.6 Å². The van der Waals surface area contributed by atoms with Gasteiger partial charge in [0.05, 0.1) is 12.1 Å². The van der Waals surface area contributed by atoms with Crippen LogP contribution in [0.5, 0.6) is 5.75 Å². The molecule has 0 fully saturated rings. The van der Waals surface area contributed by atoms with Crippen molar-refractivity contribution in [3.63, 3.8) is 0 Å². The molecule has 2 aromatic rings. The number of methoxy groups -OCH3 is 1. The molecule has 1 amide bonds. The summed E-state index contributed by atoms with van der Waals surface area (Å²) >= 11 is 5.93. The van der Waals surface area contributed by atoms with Gasteiger partial charge in [0, 0.05) is 31.8 Å². The van der Waals surface area contributed by atoms with E-state index in [1.807, 2.05) is 0 Å². The Morgan fingerprint density at radius 3 is 2.56 bits per heavy atom. The molecule has 0 aliphatic carbocycles. The van der Waals surface area contributed by atoms with Crippen LogP contribution in [0.3, 0.4) is 0 Å². The van der Waals surface area contributed by atoms with E-state index < -0.39 is 10.0 Å². The maximum atomic E-state index is 12.3. The number of anilines is 1. The highest BCUT2D eigenvalue weighted by Crippen LogP contribution is 2.22. The van der Waals surface area contributed by atoms with Gasteiger partial charge in [-0.3, -0.25) is 4.79 Å². The molecule has 1 N–H and O–H groups in total. The van der Waals surface area contributed by atoms with Crippen LogP contribution in [-0.2, 0) is 14.8 Å². The number of rotatable bonds is 7. The zero-order valence-electron chi connectivity index (χ0n) is 13.9. The summed E-state index contributed by atoms with van der Waals surface area (Å²) in [5.41, 5.74) is 0.629. The lowest BCUT2D eigenvalue weighted by atomic mass is 10.2. The van der Waals surface area contributed by atoms with Gasteiger partial charge in [0.1, 0.15) is 10.6 Å². The average molecular weight is 383 g/mol. The lowest BCUT2D eigenvalue weighted by Gasteiger charge is -2.22. The predicted octanol–water partition coefficient (Wildman–Crippen LogP) is 2.68. The van der Waals surface area contributed by atoms with Crippen LogP contribution in [0, 0.1) is 0 Å². The van der Waals surface area contributed by atoms with E-state index in [0.29, 0.717) is 11.4 Å². The lowest BCUT2D eigenvalue weighted by molar-refractivity contribution is -0.116. The Morgan fingerprint density at radius 1 is 1.20 bits per heavy atom. The lowest BCUT2D eigenvalue weighted by Crippen LogP contribution is -2.37. The normalized spacial score (nSPS) is 11.2. The Morgan fingerprint density at radius 2 is 1.92 bits per heavy atom. The number of amides is 1. The van der Waals surface area contributed by atoms with Gasteiger partial charge in [-0.25, -0.2) is 13.1 Å². The van der Waals surface area contributed by atoms with E-state index in [4.69, 9.17) is 16.3 Å². The van der Waals surface area contributed by atoms with Gasteiger partial charge >= 0.3 is 0 Å². The summed E-state index contributed by atoms with van der Waals surface area (Å²) in [5, 5.41) is 0.145. The molecule has 0 bridgehead atoms. The van der Waals surface area contributed by atoms with E-state index in [0.717, 1.165) is 0 Å². The van der Waals surface area contributed by atoms with Crippen molar-refractivity contribution >= 4 is 33.2 Å². The van der Waals surface area contributed by atoms with Gasteiger partial charge in [0.2, 0.25) is 15.9 Å². The maximum Gasteiger partial charge on any atom is 0.242 e. The molecule has 25 heavy (non-hydrogen) atoms. The molecule has 8 heteroatoms. The molecule has 2 rings (SSSR count). The van der Waals surface area contributed by atoms with Gasteiger partial charge in [-0.05, 0) is 24.3 Å². The SMILES string of the molecule is COc1cccc(N(CCNS(=O)(=O)c2ccccc2Cl)C(C)=O)c1. The number of hydrogen-bond acceptors (Lipinski definition) is 4. The van der Waals surface area contributed by atoms with Crippen LogP contribution in [0.15, 0.2) is 53.4 Å². The third kappa shape index (κ3) is 4.94. The summed E-state index contributed by atoms with van der Waals surface area (Å²) in [6.07, 6.45) is 0. The fourth-order valence-corrected chi connectivity index (χ4v) is 3.82. The van der Waals surface area contributed by atoms with Gasteiger partial charge < -0.3 is 9.64 Å². The van der Waals surface area contributed by atoms with E-state index in [2.05, 4.69) is 4.72 Å². The smallest absolute Gasteiger partial charge is 0.242 e. The van der Waals surface area contributed by atoms with Crippen LogP contribution in [0.4, 0.5) is 5.69 Å². The molecule has 2 aromatic carbocycles. The summed E-state index contributed by atoms with van der Waals surface area (Å²) in [4.78, 5) is 13.4. The van der Waals surface area contributed by atoms with Crippen molar-refractivity contribution in [2.45, 2.75) is 11.8 Å². The largest absolute Gasteiger partial charge is 0.497 e. The van der Waals surface area contributed by atoms with Crippen LogP contribution in [0.2, 0.25) is 5.02 Å². The summed E-state index contributed by atoms with van der Waals surface area (Å²) in [6.45, 7) is 1.64. The van der Waals surface area contributed by atoms with Gasteiger partial charge in [0.25, 0.3) is 0 Å². The highest BCUT2D eigenvalue weighted by atomic mass is 35.5. The first kappa shape index (κ1) is 19.2. The molecule has 0 unspecified atom stereocenters. The topological polar surface area (TPSA) is 75.7 Å². The highest BCUT2D eigenvalue weighted by Gasteiger charge is 2.18. The van der Waals surface area contributed by atoms with E-state index in [1.165, 1.54) is 31.1 Å². The number of ether oxygens (including phenoxy) is 1. The van der Waals surface area contributed by atoms with Gasteiger partial charge in [-0.2, -0.15) is 0 Å². The summed E-state index contributed by atoms with van der Waals surface area (Å²) in [7, 11) is -2.22. The molecular formula is C17H19ClN2O4S. The molecule has 6 nitrogen and oxygen atoms in total. The number of carbonyl (C=O) groups is 1. The quantitative estimate of drug-likeness (QED) is 0.798. The number of sulfonamides is 1. The number of halogens is 1. The first-order chi connectivity index (χ1) is 11.8. The van der Waals surface area contributed by atoms with Crippen LogP contribution in [0.25, 0.3) is 0 Å². The van der Waals surface area contributed by atoms with Crippen molar-refractivity contribution in [1.29, 1.82) is 0 Å². The zero-order valence-corrected chi connectivity index (χ0v) is 15.5. The Labute approximate surface area is 152 Å².